The van der Waals surface area contributed by atoms with Crippen molar-refractivity contribution < 1.29 is 22.8 Å². The molecule has 0 atom stereocenters. The number of hydrogen-bond acceptors (Lipinski definition) is 6. The molecule has 0 aliphatic carbocycles. The van der Waals surface area contributed by atoms with E-state index in [-0.39, 0.29) is 23.9 Å². The van der Waals surface area contributed by atoms with Crippen LogP contribution in [-0.4, -0.2) is 26.7 Å². The molecule has 2 aromatic carbocycles. The first-order chi connectivity index (χ1) is 12.3. The van der Waals surface area contributed by atoms with Gasteiger partial charge in [0.1, 0.15) is 0 Å². The molecule has 8 nitrogen and oxygen atoms in total. The topological polar surface area (TPSA) is 99.0 Å². The van der Waals surface area contributed by atoms with Crippen molar-refractivity contribution in [3.05, 3.63) is 64.7 Å². The number of aryl methyl sites for hydroxylation is 1. The number of ether oxygens (including phenoxy) is 2. The van der Waals surface area contributed by atoms with Gasteiger partial charge in [-0.3, -0.25) is 14.4 Å². The summed E-state index contributed by atoms with van der Waals surface area (Å²) >= 11 is 0. The summed E-state index contributed by atoms with van der Waals surface area (Å²) in [5.41, 5.74) is 0.462. The first kappa shape index (κ1) is 17.7. The molecule has 136 valence electrons. The summed E-state index contributed by atoms with van der Waals surface area (Å²) in [5.74, 6) is 0.957. The van der Waals surface area contributed by atoms with E-state index in [1.807, 2.05) is 0 Å². The third-order valence-corrected chi connectivity index (χ3v) is 5.83. The van der Waals surface area contributed by atoms with E-state index in [4.69, 9.17) is 9.47 Å². The molecule has 26 heavy (non-hydrogen) atoms. The Morgan fingerprint density at radius 1 is 1.23 bits per heavy atom. The molecule has 0 aromatic heterocycles. The van der Waals surface area contributed by atoms with Crippen molar-refractivity contribution in [1.29, 1.82) is 0 Å². The Morgan fingerprint density at radius 2 is 1.96 bits per heavy atom. The SMILES string of the molecule is C=CCN(c1ccc2c(c1)OCO2)S(=O)(=O)c1cc([N+](=O)[O-])ccc1C. The molecule has 0 radical (unpaired) electrons. The minimum absolute atomic E-state index is 0.00981. The zero-order chi connectivity index (χ0) is 18.9. The molecule has 0 spiro atoms. The lowest BCUT2D eigenvalue weighted by molar-refractivity contribution is -0.385. The van der Waals surface area contributed by atoms with Gasteiger partial charge in [-0.05, 0) is 24.6 Å². The molecule has 0 bridgehead atoms. The van der Waals surface area contributed by atoms with E-state index in [0.29, 0.717) is 22.7 Å². The lowest BCUT2D eigenvalue weighted by Gasteiger charge is -2.24. The predicted octanol–water partition coefficient (Wildman–Crippen LogP) is 3.01. The molecule has 0 fully saturated rings. The maximum Gasteiger partial charge on any atom is 0.270 e. The van der Waals surface area contributed by atoms with E-state index in [1.54, 1.807) is 25.1 Å². The van der Waals surface area contributed by atoms with Crippen LogP contribution >= 0.6 is 0 Å². The van der Waals surface area contributed by atoms with Crippen LogP contribution in [0.3, 0.4) is 0 Å². The Morgan fingerprint density at radius 3 is 2.65 bits per heavy atom. The van der Waals surface area contributed by atoms with Gasteiger partial charge in [-0.25, -0.2) is 8.42 Å². The molecule has 0 saturated heterocycles. The van der Waals surface area contributed by atoms with Gasteiger partial charge in [0.05, 0.1) is 22.1 Å². The summed E-state index contributed by atoms with van der Waals surface area (Å²) in [7, 11) is -4.06. The molecule has 1 aliphatic rings. The molecule has 0 unspecified atom stereocenters. The zero-order valence-electron chi connectivity index (χ0n) is 13.9. The van der Waals surface area contributed by atoms with Crippen LogP contribution in [-0.2, 0) is 10.0 Å². The van der Waals surface area contributed by atoms with E-state index in [0.717, 1.165) is 10.4 Å². The van der Waals surface area contributed by atoms with Gasteiger partial charge in [-0.1, -0.05) is 12.1 Å². The van der Waals surface area contributed by atoms with E-state index in [1.165, 1.54) is 18.2 Å². The molecular weight excluding hydrogens is 360 g/mol. The fourth-order valence-corrected chi connectivity index (χ4v) is 4.27. The van der Waals surface area contributed by atoms with Gasteiger partial charge in [0.2, 0.25) is 6.79 Å². The molecule has 3 rings (SSSR count). The standard InChI is InChI=1S/C17H16N2O6S/c1-3-8-18(13-6-7-15-16(9-13)25-11-24-15)26(22,23)17-10-14(19(20)21)5-4-12(17)2/h3-7,9-10H,1,8,11H2,2H3. The number of rotatable bonds is 6. The van der Waals surface area contributed by atoms with Crippen LogP contribution in [0.1, 0.15) is 5.56 Å². The number of sulfonamides is 1. The van der Waals surface area contributed by atoms with Gasteiger partial charge < -0.3 is 9.47 Å². The quantitative estimate of drug-likeness (QED) is 0.437. The Balaban J connectivity index is 2.11. The number of nitro benzene ring substituents is 1. The fourth-order valence-electron chi connectivity index (χ4n) is 2.60. The van der Waals surface area contributed by atoms with Gasteiger partial charge in [0.25, 0.3) is 15.7 Å². The highest BCUT2D eigenvalue weighted by Crippen LogP contribution is 2.37. The monoisotopic (exact) mass is 376 g/mol. The first-order valence-electron chi connectivity index (χ1n) is 7.63. The second kappa shape index (κ2) is 6.68. The van der Waals surface area contributed by atoms with Crippen molar-refractivity contribution in [1.82, 2.24) is 0 Å². The summed E-state index contributed by atoms with van der Waals surface area (Å²) in [4.78, 5) is 10.3. The second-order valence-electron chi connectivity index (χ2n) is 5.57. The van der Waals surface area contributed by atoms with E-state index in [2.05, 4.69) is 6.58 Å². The highest BCUT2D eigenvalue weighted by atomic mass is 32.2. The van der Waals surface area contributed by atoms with Crippen LogP contribution in [0.25, 0.3) is 0 Å². The summed E-state index contributed by atoms with van der Waals surface area (Å²) in [6.45, 7) is 5.25. The number of nitro groups is 1. The van der Waals surface area contributed by atoms with Crippen LogP contribution in [0.4, 0.5) is 11.4 Å². The maximum absolute atomic E-state index is 13.2. The normalized spacial score (nSPS) is 12.7. The average Bonchev–Trinajstić information content (AvgIpc) is 3.07. The molecule has 1 aliphatic heterocycles. The lowest BCUT2D eigenvalue weighted by atomic mass is 10.2. The minimum Gasteiger partial charge on any atom is -0.454 e. The van der Waals surface area contributed by atoms with Crippen LogP contribution < -0.4 is 13.8 Å². The summed E-state index contributed by atoms with van der Waals surface area (Å²) < 4.78 is 38.1. The highest BCUT2D eigenvalue weighted by molar-refractivity contribution is 7.92. The summed E-state index contributed by atoms with van der Waals surface area (Å²) in [6, 6.07) is 8.50. The average molecular weight is 376 g/mol. The largest absolute Gasteiger partial charge is 0.454 e. The summed E-state index contributed by atoms with van der Waals surface area (Å²) in [5, 5.41) is 11.0. The van der Waals surface area contributed by atoms with Gasteiger partial charge in [-0.15, -0.1) is 6.58 Å². The first-order valence-corrected chi connectivity index (χ1v) is 9.07. The zero-order valence-corrected chi connectivity index (χ0v) is 14.7. The molecule has 0 saturated carbocycles. The Labute approximate surface area is 150 Å². The van der Waals surface area contributed by atoms with Gasteiger partial charge >= 0.3 is 0 Å². The van der Waals surface area contributed by atoms with E-state index in [9.17, 15) is 18.5 Å². The third kappa shape index (κ3) is 3.08. The highest BCUT2D eigenvalue weighted by Gasteiger charge is 2.29. The number of anilines is 1. The van der Waals surface area contributed by atoms with Gasteiger partial charge in [0, 0.05) is 18.2 Å². The predicted molar refractivity (Wildman–Crippen MR) is 95.1 cm³/mol. The van der Waals surface area contributed by atoms with Crippen LogP contribution in [0, 0.1) is 17.0 Å². The third-order valence-electron chi connectivity index (χ3n) is 3.89. The maximum atomic E-state index is 13.2. The summed E-state index contributed by atoms with van der Waals surface area (Å²) in [6.07, 6.45) is 1.44. The minimum atomic E-state index is -4.06. The Kier molecular flexibility index (Phi) is 4.56. The van der Waals surface area contributed by atoms with E-state index >= 15 is 0 Å². The smallest absolute Gasteiger partial charge is 0.270 e. The Bertz CT molecular complexity index is 987. The van der Waals surface area contributed by atoms with Crippen molar-refractivity contribution in [2.75, 3.05) is 17.6 Å². The molecule has 0 amide bonds. The van der Waals surface area contributed by atoms with Crippen molar-refractivity contribution in [2.45, 2.75) is 11.8 Å². The fraction of sp³-hybridized carbons (Fsp3) is 0.176. The van der Waals surface area contributed by atoms with Crippen molar-refractivity contribution in [3.8, 4) is 11.5 Å². The lowest BCUT2D eigenvalue weighted by Crippen LogP contribution is -2.31. The van der Waals surface area contributed by atoms with Crippen LogP contribution in [0.15, 0.2) is 53.9 Å². The molecule has 2 aromatic rings. The molecule has 0 N–H and O–H groups in total. The number of hydrogen-bond donors (Lipinski definition) is 0. The van der Waals surface area contributed by atoms with Crippen LogP contribution in [0.2, 0.25) is 0 Å². The van der Waals surface area contributed by atoms with E-state index < -0.39 is 14.9 Å². The van der Waals surface area contributed by atoms with Gasteiger partial charge in [0.15, 0.2) is 11.5 Å². The number of nitrogens with zero attached hydrogens (tertiary/aromatic N) is 2. The molecule has 9 heteroatoms. The number of non-ortho nitro benzene ring substituents is 1. The molecule has 1 heterocycles. The Hall–Kier alpha value is -3.07. The van der Waals surface area contributed by atoms with Crippen molar-refractivity contribution in [2.24, 2.45) is 0 Å². The van der Waals surface area contributed by atoms with Gasteiger partial charge in [-0.2, -0.15) is 0 Å². The second-order valence-corrected chi connectivity index (χ2v) is 7.40. The van der Waals surface area contributed by atoms with Crippen LogP contribution in [0.5, 0.6) is 11.5 Å². The van der Waals surface area contributed by atoms with Crippen molar-refractivity contribution >= 4 is 21.4 Å². The molecular formula is C17H16N2O6S. The number of fused-ring (bicyclic) bond motifs is 1. The van der Waals surface area contributed by atoms with Crippen molar-refractivity contribution in [3.63, 3.8) is 0 Å². The number of benzene rings is 2.